The Morgan fingerprint density at radius 2 is 2.33 bits per heavy atom. The number of nitrogens with one attached hydrogen (secondary N) is 1. The summed E-state index contributed by atoms with van der Waals surface area (Å²) in [6.07, 6.45) is 1.61. The molecule has 0 aliphatic rings. The van der Waals surface area contributed by atoms with Gasteiger partial charge in [0.25, 0.3) is 0 Å². The van der Waals surface area contributed by atoms with Crippen molar-refractivity contribution < 1.29 is 9.53 Å². The minimum atomic E-state index is -0.307. The van der Waals surface area contributed by atoms with Gasteiger partial charge in [-0.3, -0.25) is 4.79 Å². The average molecular weight is 363 g/mol. The fraction of sp³-hybridized carbons (Fsp3) is 0.333. The third kappa shape index (κ3) is 3.68. The number of ether oxygens (including phenoxy) is 1. The van der Waals surface area contributed by atoms with E-state index < -0.39 is 0 Å². The molecule has 0 aliphatic carbocycles. The lowest BCUT2D eigenvalue weighted by atomic mass is 10.3. The van der Waals surface area contributed by atoms with Crippen LogP contribution in [0.2, 0.25) is 0 Å². The highest BCUT2D eigenvalue weighted by atomic mass is 32.2. The molecule has 0 spiro atoms. The van der Waals surface area contributed by atoms with Crippen molar-refractivity contribution in [2.45, 2.75) is 24.3 Å². The standard InChI is InChI=1S/C15H17N5O2S2/c1-4-22-10-5-6-11-12(7-10)24-14(17-11)18-13(21)9(2)23-15-19-16-8-20(15)3/h5-9H,4H2,1-3H3,(H,17,18,21). The first kappa shape index (κ1) is 16.7. The number of thiazole rings is 1. The van der Waals surface area contributed by atoms with Crippen LogP contribution in [0.3, 0.4) is 0 Å². The number of anilines is 1. The molecule has 0 saturated carbocycles. The van der Waals surface area contributed by atoms with E-state index in [-0.39, 0.29) is 11.2 Å². The number of hydrogen-bond donors (Lipinski definition) is 1. The number of rotatable bonds is 6. The number of thioether (sulfide) groups is 1. The predicted molar refractivity (Wildman–Crippen MR) is 95.7 cm³/mol. The van der Waals surface area contributed by atoms with E-state index in [1.807, 2.05) is 39.1 Å². The molecule has 9 heteroatoms. The summed E-state index contributed by atoms with van der Waals surface area (Å²) in [5.41, 5.74) is 0.840. The molecule has 2 heterocycles. The van der Waals surface area contributed by atoms with Crippen LogP contribution in [-0.4, -0.2) is 37.5 Å². The highest BCUT2D eigenvalue weighted by Crippen LogP contribution is 2.30. The molecule has 7 nitrogen and oxygen atoms in total. The smallest absolute Gasteiger partial charge is 0.239 e. The monoisotopic (exact) mass is 363 g/mol. The van der Waals surface area contributed by atoms with Gasteiger partial charge < -0.3 is 14.6 Å². The molecule has 0 fully saturated rings. The van der Waals surface area contributed by atoms with Gasteiger partial charge in [-0.1, -0.05) is 23.1 Å². The van der Waals surface area contributed by atoms with Gasteiger partial charge in [0.2, 0.25) is 5.91 Å². The van der Waals surface area contributed by atoms with Crippen LogP contribution >= 0.6 is 23.1 Å². The SMILES string of the molecule is CCOc1ccc2nc(NC(=O)C(C)Sc3nncn3C)sc2c1. The van der Waals surface area contributed by atoms with E-state index >= 15 is 0 Å². The lowest BCUT2D eigenvalue weighted by Gasteiger charge is -2.09. The molecule has 0 saturated heterocycles. The Labute approximate surface area is 147 Å². The second kappa shape index (κ2) is 7.18. The van der Waals surface area contributed by atoms with E-state index in [4.69, 9.17) is 4.74 Å². The van der Waals surface area contributed by atoms with Gasteiger partial charge >= 0.3 is 0 Å². The number of carbonyl (C=O) groups excluding carboxylic acids is 1. The number of hydrogen-bond acceptors (Lipinski definition) is 7. The minimum Gasteiger partial charge on any atom is -0.494 e. The third-order valence-corrected chi connectivity index (χ3v) is 5.30. The Bertz CT molecular complexity index is 861. The summed E-state index contributed by atoms with van der Waals surface area (Å²) >= 11 is 2.78. The van der Waals surface area contributed by atoms with E-state index in [0.29, 0.717) is 16.9 Å². The molecule has 1 N–H and O–H groups in total. The zero-order valence-corrected chi connectivity index (χ0v) is 15.1. The number of nitrogens with zero attached hydrogens (tertiary/aromatic N) is 4. The Morgan fingerprint density at radius 3 is 3.04 bits per heavy atom. The van der Waals surface area contributed by atoms with Crippen molar-refractivity contribution in [3.05, 3.63) is 24.5 Å². The molecule has 1 atom stereocenters. The summed E-state index contributed by atoms with van der Waals surface area (Å²) in [5.74, 6) is 0.685. The fourth-order valence-electron chi connectivity index (χ4n) is 2.01. The van der Waals surface area contributed by atoms with Gasteiger partial charge in [0.1, 0.15) is 12.1 Å². The quantitative estimate of drug-likeness (QED) is 0.678. The summed E-state index contributed by atoms with van der Waals surface area (Å²) in [7, 11) is 1.84. The maximum absolute atomic E-state index is 12.3. The van der Waals surface area contributed by atoms with Crippen LogP contribution in [0.15, 0.2) is 29.7 Å². The molecule has 24 heavy (non-hydrogen) atoms. The molecule has 0 radical (unpaired) electrons. The Kier molecular flexibility index (Phi) is 5.00. The lowest BCUT2D eigenvalue weighted by molar-refractivity contribution is -0.115. The second-order valence-electron chi connectivity index (χ2n) is 5.06. The number of amides is 1. The maximum atomic E-state index is 12.3. The van der Waals surface area contributed by atoms with Crippen molar-refractivity contribution in [1.82, 2.24) is 19.7 Å². The van der Waals surface area contributed by atoms with Crippen LogP contribution in [-0.2, 0) is 11.8 Å². The van der Waals surface area contributed by atoms with Crippen molar-refractivity contribution in [3.8, 4) is 5.75 Å². The number of benzene rings is 1. The Hall–Kier alpha value is -2.13. The largest absolute Gasteiger partial charge is 0.494 e. The molecule has 1 unspecified atom stereocenters. The molecule has 3 aromatic rings. The van der Waals surface area contributed by atoms with E-state index in [9.17, 15) is 4.79 Å². The molecular weight excluding hydrogens is 346 g/mol. The minimum absolute atomic E-state index is 0.118. The molecule has 1 amide bonds. The van der Waals surface area contributed by atoms with E-state index in [2.05, 4.69) is 20.5 Å². The van der Waals surface area contributed by atoms with Gasteiger partial charge in [0, 0.05) is 7.05 Å². The van der Waals surface area contributed by atoms with Gasteiger partial charge in [-0.15, -0.1) is 10.2 Å². The summed E-state index contributed by atoms with van der Waals surface area (Å²) in [6.45, 7) is 4.39. The van der Waals surface area contributed by atoms with Crippen LogP contribution < -0.4 is 10.1 Å². The topological polar surface area (TPSA) is 81.9 Å². The zero-order chi connectivity index (χ0) is 17.1. The van der Waals surface area contributed by atoms with E-state index in [0.717, 1.165) is 16.0 Å². The van der Waals surface area contributed by atoms with Crippen molar-refractivity contribution in [2.75, 3.05) is 11.9 Å². The second-order valence-corrected chi connectivity index (χ2v) is 7.39. The van der Waals surface area contributed by atoms with Crippen LogP contribution in [0.25, 0.3) is 10.2 Å². The van der Waals surface area contributed by atoms with Gasteiger partial charge in [-0.05, 0) is 32.0 Å². The first-order valence-corrected chi connectivity index (χ1v) is 9.11. The molecule has 3 rings (SSSR count). The summed E-state index contributed by atoms with van der Waals surface area (Å²) < 4.78 is 8.24. The van der Waals surface area contributed by atoms with Crippen molar-refractivity contribution in [3.63, 3.8) is 0 Å². The Balaban J connectivity index is 1.69. The van der Waals surface area contributed by atoms with Crippen molar-refractivity contribution in [2.24, 2.45) is 7.05 Å². The fourth-order valence-corrected chi connectivity index (χ4v) is 3.70. The molecular formula is C15H17N5O2S2. The molecule has 0 bridgehead atoms. The van der Waals surface area contributed by atoms with Gasteiger partial charge in [0.05, 0.1) is 22.1 Å². The van der Waals surface area contributed by atoms with Gasteiger partial charge in [0.15, 0.2) is 10.3 Å². The third-order valence-electron chi connectivity index (χ3n) is 3.22. The van der Waals surface area contributed by atoms with Crippen molar-refractivity contribution >= 4 is 44.4 Å². The zero-order valence-electron chi connectivity index (χ0n) is 13.5. The van der Waals surface area contributed by atoms with Gasteiger partial charge in [-0.2, -0.15) is 0 Å². The normalized spacial score (nSPS) is 12.3. The van der Waals surface area contributed by atoms with Crippen LogP contribution in [0.5, 0.6) is 5.75 Å². The number of aromatic nitrogens is 4. The first-order valence-electron chi connectivity index (χ1n) is 7.41. The molecule has 0 aliphatic heterocycles. The van der Waals surface area contributed by atoms with Crippen LogP contribution in [0, 0.1) is 0 Å². The number of fused-ring (bicyclic) bond motifs is 1. The Morgan fingerprint density at radius 1 is 1.50 bits per heavy atom. The van der Waals surface area contributed by atoms with Gasteiger partial charge in [-0.25, -0.2) is 4.98 Å². The van der Waals surface area contributed by atoms with E-state index in [1.165, 1.54) is 23.1 Å². The molecule has 126 valence electrons. The summed E-state index contributed by atoms with van der Waals surface area (Å²) in [5, 5.41) is 11.6. The molecule has 1 aromatic carbocycles. The predicted octanol–water partition coefficient (Wildman–Crippen LogP) is 2.94. The first-order chi connectivity index (χ1) is 11.6. The summed E-state index contributed by atoms with van der Waals surface area (Å²) in [4.78, 5) is 16.8. The average Bonchev–Trinajstić information content (AvgIpc) is 3.13. The molecule has 2 aromatic heterocycles. The highest BCUT2D eigenvalue weighted by molar-refractivity contribution is 8.00. The maximum Gasteiger partial charge on any atom is 0.239 e. The van der Waals surface area contributed by atoms with Crippen molar-refractivity contribution in [1.29, 1.82) is 0 Å². The summed E-state index contributed by atoms with van der Waals surface area (Å²) in [6, 6.07) is 5.71. The highest BCUT2D eigenvalue weighted by Gasteiger charge is 2.18. The van der Waals surface area contributed by atoms with E-state index in [1.54, 1.807) is 10.9 Å². The van der Waals surface area contributed by atoms with Crippen LogP contribution in [0.1, 0.15) is 13.8 Å². The number of carbonyl (C=O) groups is 1. The van der Waals surface area contributed by atoms with Crippen LogP contribution in [0.4, 0.5) is 5.13 Å². The number of aryl methyl sites for hydroxylation is 1. The lowest BCUT2D eigenvalue weighted by Crippen LogP contribution is -2.22.